The highest BCUT2D eigenvalue weighted by Gasteiger charge is 2.40. The minimum absolute atomic E-state index is 0.00314. The molecule has 3 atom stereocenters. The van der Waals surface area contributed by atoms with Crippen LogP contribution in [0.25, 0.3) is 33.4 Å². The molecule has 90 heavy (non-hydrogen) atoms. The van der Waals surface area contributed by atoms with Gasteiger partial charge in [-0.1, -0.05) is 47.6 Å². The molecule has 490 valence electrons. The molecule has 0 radical (unpaired) electrons. The fourth-order valence-electron chi connectivity index (χ4n) is 11.3. The number of hydrogen-bond donors (Lipinski definition) is 4. The molecule has 8 rings (SSSR count). The third-order valence-corrected chi connectivity index (χ3v) is 18.2. The van der Waals surface area contributed by atoms with Crippen LogP contribution in [0.5, 0.6) is 0 Å². The number of carboxylic acid groups (broad SMARTS) is 1. The first-order valence-corrected chi connectivity index (χ1v) is 32.6. The first-order chi connectivity index (χ1) is 42.5. The molecule has 23 heteroatoms. The standard InChI is InChI=1S/C39H42N4O8.C14H23NO3S.C8H12O2.C6H13NO2S/c1-40(2)26-9-13-30-34(21-26)51-35-22-27(41(3)4)10-14-31(35)36(30)29-12-8-25(20-32(29)38(47)48)37(46)42-15-17-43(18-16-42)39(49)50-19-5-6-24-7-11-28(44)23-33(24)45;1-5-10(16)9(15-4)8-19-13-11(17)6-14(2,3)7-12(13)18;1-8(2)4-6(9)3-7(10)5-8;1-3-6(8)5(7-2)4-10-9/h8-10,12-14,20-22,24H,5-7,11,15-19,23H2,1-4H3;9,13,15H,5-8H2,1-4H3;3-5H2,1-2H3;5,7,9H,3-4H2,1-2H3/p+1. The molecule has 3 unspecified atom stereocenters. The summed E-state index contributed by atoms with van der Waals surface area (Å²) in [5, 5.41) is 17.3. The van der Waals surface area contributed by atoms with E-state index in [0.717, 1.165) is 22.0 Å². The SMILES string of the molecule is CC1(C)CC(=O)CC(=O)C1.CCC(=O)C(CSC1C(=O)CC(C)(C)CC1=O)NC.CCC(=O)C(CSO)NC.CN(C)c1ccc2c(-c3ccc(C(=O)N4CCN(C(=O)OCCCC5CCC(=O)CC5=O)CC4)cc3C(=O)O)c3ccc(=[N+](C)C)cc-3oc2c1. The van der Waals surface area contributed by atoms with Crippen LogP contribution in [0.1, 0.15) is 139 Å². The van der Waals surface area contributed by atoms with Gasteiger partial charge in [-0.05, 0) is 92.1 Å². The number of rotatable bonds is 19. The van der Waals surface area contributed by atoms with E-state index < -0.39 is 17.3 Å². The Hall–Kier alpha value is -6.92. The lowest BCUT2D eigenvalue weighted by Crippen LogP contribution is -2.50. The Labute approximate surface area is 536 Å². The fourth-order valence-corrected chi connectivity index (χ4v) is 13.1. The average molecular weight is 1280 g/mol. The van der Waals surface area contributed by atoms with E-state index in [9.17, 15) is 57.8 Å². The van der Waals surface area contributed by atoms with Crippen LogP contribution >= 0.6 is 23.8 Å². The molecule has 4 N–H and O–H groups in total. The maximum atomic E-state index is 13.7. The lowest BCUT2D eigenvalue weighted by molar-refractivity contribution is -0.134. The van der Waals surface area contributed by atoms with Crippen molar-refractivity contribution in [2.24, 2.45) is 16.7 Å². The van der Waals surface area contributed by atoms with Crippen LogP contribution in [-0.4, -0.2) is 188 Å². The van der Waals surface area contributed by atoms with E-state index in [1.165, 1.54) is 17.8 Å². The fraction of sp³-hybridized carbons (Fsp3) is 0.552. The van der Waals surface area contributed by atoms with E-state index in [1.807, 2.05) is 116 Å². The highest BCUT2D eigenvalue weighted by atomic mass is 32.2. The number of benzene rings is 3. The number of aromatic carboxylic acids is 1. The van der Waals surface area contributed by atoms with Gasteiger partial charge in [0.2, 0.25) is 5.36 Å². The largest absolute Gasteiger partial charge is 0.478 e. The average Bonchev–Trinajstić information content (AvgIpc) is 0.789. The first kappa shape index (κ1) is 73.8. The van der Waals surface area contributed by atoms with Crippen molar-refractivity contribution >= 4 is 105 Å². The Balaban J connectivity index is 0.000000304. The molecule has 4 aliphatic carbocycles. The lowest BCUT2D eigenvalue weighted by Gasteiger charge is -2.34. The minimum atomic E-state index is -1.16. The van der Waals surface area contributed by atoms with Gasteiger partial charge in [-0.3, -0.25) is 43.2 Å². The molecule has 3 saturated carbocycles. The van der Waals surface area contributed by atoms with Gasteiger partial charge in [0.25, 0.3) is 5.91 Å². The van der Waals surface area contributed by atoms with Crippen molar-refractivity contribution < 1.29 is 71.6 Å². The van der Waals surface area contributed by atoms with E-state index in [2.05, 4.69) is 10.6 Å². The Morgan fingerprint density at radius 2 is 1.31 bits per heavy atom. The Bertz CT molecular complexity index is 3300. The van der Waals surface area contributed by atoms with Crippen molar-refractivity contribution in [3.63, 3.8) is 0 Å². The topological polar surface area (TPSA) is 287 Å². The molecule has 2 aromatic carbocycles. The smallest absolute Gasteiger partial charge is 0.409 e. The number of ketones is 8. The number of Topliss-reactive ketones (excluding diaryl/α,β-unsaturated/α-hetero) is 8. The van der Waals surface area contributed by atoms with Crippen LogP contribution < -0.4 is 25.5 Å². The summed E-state index contributed by atoms with van der Waals surface area (Å²) in [6.45, 7) is 12.7. The van der Waals surface area contributed by atoms with Gasteiger partial charge in [-0.2, -0.15) is 0 Å². The normalized spacial score (nSPS) is 18.1. The second-order valence-electron chi connectivity index (χ2n) is 25.2. The van der Waals surface area contributed by atoms with E-state index in [-0.39, 0.29) is 138 Å². The van der Waals surface area contributed by atoms with E-state index >= 15 is 0 Å². The number of piperazine rings is 1. The van der Waals surface area contributed by atoms with Gasteiger partial charge in [-0.15, -0.1) is 11.8 Å². The summed E-state index contributed by atoms with van der Waals surface area (Å²) in [5.74, 6) is 0.303. The second kappa shape index (κ2) is 33.9. The number of amides is 2. The summed E-state index contributed by atoms with van der Waals surface area (Å²) in [5.41, 5.74) is 3.38. The quantitative estimate of drug-likeness (QED) is 0.0226. The first-order valence-electron chi connectivity index (χ1n) is 30.6. The number of likely N-dealkylation sites (N-methyl/N-ethyl adjacent to an activating group) is 2. The predicted molar refractivity (Wildman–Crippen MR) is 350 cm³/mol. The number of thioether (sulfide) groups is 1. The van der Waals surface area contributed by atoms with E-state index in [1.54, 1.807) is 36.0 Å². The Kier molecular flexibility index (Phi) is 27.8. The van der Waals surface area contributed by atoms with E-state index in [0.29, 0.717) is 110 Å². The van der Waals surface area contributed by atoms with Crippen molar-refractivity contribution in [3.8, 4) is 22.5 Å². The van der Waals surface area contributed by atoms with Crippen molar-refractivity contribution in [2.75, 3.05) is 91.5 Å². The van der Waals surface area contributed by atoms with Crippen LogP contribution in [0, 0.1) is 16.7 Å². The highest BCUT2D eigenvalue weighted by Crippen LogP contribution is 2.43. The molecule has 2 aromatic rings. The number of carbonyl (C=O) groups excluding carboxylic acids is 10. The Morgan fingerprint density at radius 1 is 0.733 bits per heavy atom. The second-order valence-corrected chi connectivity index (χ2v) is 26.9. The van der Waals surface area contributed by atoms with Gasteiger partial charge >= 0.3 is 12.1 Å². The molecule has 4 fully saturated rings. The summed E-state index contributed by atoms with van der Waals surface area (Å²) in [6, 6.07) is 15.9. The number of carboxylic acids is 1. The minimum Gasteiger partial charge on any atom is -0.478 e. The maximum Gasteiger partial charge on any atom is 0.409 e. The van der Waals surface area contributed by atoms with Crippen LogP contribution in [-0.2, 0) is 43.1 Å². The zero-order chi connectivity index (χ0) is 66.8. The number of ether oxygens (including phenoxy) is 1. The van der Waals surface area contributed by atoms with Crippen LogP contribution in [0.15, 0.2) is 59.0 Å². The van der Waals surface area contributed by atoms with Crippen LogP contribution in [0.4, 0.5) is 10.5 Å². The molecule has 2 heterocycles. The monoisotopic (exact) mass is 1280 g/mol. The molecule has 2 amide bonds. The summed E-state index contributed by atoms with van der Waals surface area (Å²) in [4.78, 5) is 136. The third-order valence-electron chi connectivity index (χ3n) is 16.3. The molecule has 6 aliphatic rings. The number of nitrogens with zero attached hydrogens (tertiary/aromatic N) is 4. The lowest BCUT2D eigenvalue weighted by atomic mass is 9.76. The summed E-state index contributed by atoms with van der Waals surface area (Å²) in [6.07, 6.45) is 4.81. The molecule has 21 nitrogen and oxygen atoms in total. The molecule has 0 bridgehead atoms. The van der Waals surface area contributed by atoms with Gasteiger partial charge in [0.1, 0.15) is 65.4 Å². The molecular formula is C67H91N6O15S2+. The zero-order valence-corrected chi connectivity index (χ0v) is 55.9. The molecular weight excluding hydrogens is 1190 g/mol. The number of carbonyl (C=O) groups is 11. The highest BCUT2D eigenvalue weighted by molar-refractivity contribution is 8.01. The van der Waals surface area contributed by atoms with Crippen molar-refractivity contribution in [1.82, 2.24) is 25.0 Å². The number of anilines is 1. The zero-order valence-electron chi connectivity index (χ0n) is 54.2. The summed E-state index contributed by atoms with van der Waals surface area (Å²) >= 11 is 2.00. The molecule has 2 aliphatic heterocycles. The third kappa shape index (κ3) is 20.8. The number of nitrogens with one attached hydrogen (secondary N) is 2. The van der Waals surface area contributed by atoms with Gasteiger partial charge in [-0.25, -0.2) is 14.2 Å². The van der Waals surface area contributed by atoms with Crippen molar-refractivity contribution in [1.29, 1.82) is 0 Å². The Morgan fingerprint density at radius 3 is 1.84 bits per heavy atom. The maximum absolute atomic E-state index is 13.7. The number of hydrogen-bond acceptors (Lipinski definition) is 19. The predicted octanol–water partition coefficient (Wildman–Crippen LogP) is 8.32. The van der Waals surface area contributed by atoms with Gasteiger partial charge in [0.05, 0.1) is 43.2 Å². The summed E-state index contributed by atoms with van der Waals surface area (Å²) < 4.78 is 22.2. The van der Waals surface area contributed by atoms with Gasteiger partial charge in [0.15, 0.2) is 11.6 Å². The van der Waals surface area contributed by atoms with Crippen molar-refractivity contribution in [2.45, 2.75) is 136 Å². The summed E-state index contributed by atoms with van der Waals surface area (Å²) in [7, 11) is 11.2. The van der Waals surface area contributed by atoms with Gasteiger partial charge < -0.3 is 44.1 Å². The van der Waals surface area contributed by atoms with Crippen molar-refractivity contribution in [3.05, 3.63) is 71.1 Å². The van der Waals surface area contributed by atoms with Crippen LogP contribution in [0.3, 0.4) is 0 Å². The van der Waals surface area contributed by atoms with E-state index in [4.69, 9.17) is 13.7 Å². The number of fused-ring (bicyclic) bond motifs is 2. The van der Waals surface area contributed by atoms with Gasteiger partial charge in [0, 0.05) is 143 Å². The molecule has 0 spiro atoms. The molecule has 1 saturated heterocycles. The van der Waals surface area contributed by atoms with Crippen LogP contribution in [0.2, 0.25) is 0 Å². The molecule has 0 aromatic heterocycles.